The summed E-state index contributed by atoms with van der Waals surface area (Å²) in [4.78, 5) is 12.6. The van der Waals surface area contributed by atoms with Gasteiger partial charge in [0, 0.05) is 11.2 Å². The molecule has 0 aliphatic heterocycles. The van der Waals surface area contributed by atoms with E-state index in [-0.39, 0.29) is 17.5 Å². The Bertz CT molecular complexity index is 655. The Morgan fingerprint density at radius 1 is 1.21 bits per heavy atom. The lowest BCUT2D eigenvalue weighted by Crippen LogP contribution is -2.62. The second kappa shape index (κ2) is 5.89. The number of hydrogen-bond acceptors (Lipinski definition) is 3. The maximum absolute atomic E-state index is 12.6. The van der Waals surface area contributed by atoms with Crippen molar-refractivity contribution < 1.29 is 4.79 Å². The first-order chi connectivity index (χ1) is 11.5. The SMILES string of the molecule is C[C@H](NC12CC3CC(CC(C3)C1)C2)C(=O)Nc1cccc(C#N)c1. The minimum atomic E-state index is -0.216. The predicted octanol–water partition coefficient (Wildman–Crippen LogP) is 3.44. The van der Waals surface area contributed by atoms with Crippen LogP contribution in [0.15, 0.2) is 24.3 Å². The van der Waals surface area contributed by atoms with E-state index >= 15 is 0 Å². The second-order valence-corrected chi connectivity index (χ2v) is 8.25. The first kappa shape index (κ1) is 15.7. The predicted molar refractivity (Wildman–Crippen MR) is 93.3 cm³/mol. The van der Waals surface area contributed by atoms with Gasteiger partial charge in [-0.25, -0.2) is 0 Å². The molecule has 4 nitrogen and oxygen atoms in total. The number of anilines is 1. The van der Waals surface area contributed by atoms with Gasteiger partial charge in [0.05, 0.1) is 17.7 Å². The van der Waals surface area contributed by atoms with Gasteiger partial charge in [-0.3, -0.25) is 4.79 Å². The number of hydrogen-bond donors (Lipinski definition) is 2. The molecule has 5 rings (SSSR count). The van der Waals surface area contributed by atoms with Crippen LogP contribution >= 0.6 is 0 Å². The highest BCUT2D eigenvalue weighted by Gasteiger charge is 2.51. The van der Waals surface area contributed by atoms with Gasteiger partial charge in [0.2, 0.25) is 5.91 Å². The topological polar surface area (TPSA) is 64.9 Å². The largest absolute Gasteiger partial charge is 0.325 e. The molecule has 4 fully saturated rings. The molecular weight excluding hydrogens is 298 g/mol. The monoisotopic (exact) mass is 323 g/mol. The number of amides is 1. The van der Waals surface area contributed by atoms with Crippen molar-refractivity contribution >= 4 is 11.6 Å². The van der Waals surface area contributed by atoms with Crippen LogP contribution < -0.4 is 10.6 Å². The van der Waals surface area contributed by atoms with Crippen molar-refractivity contribution in [2.24, 2.45) is 17.8 Å². The smallest absolute Gasteiger partial charge is 0.241 e. The highest BCUT2D eigenvalue weighted by molar-refractivity contribution is 5.94. The van der Waals surface area contributed by atoms with E-state index in [1.807, 2.05) is 13.0 Å². The summed E-state index contributed by atoms with van der Waals surface area (Å²) in [5, 5.41) is 15.6. The molecule has 1 atom stereocenters. The minimum Gasteiger partial charge on any atom is -0.325 e. The number of nitrogens with one attached hydrogen (secondary N) is 2. The molecule has 4 heteroatoms. The lowest BCUT2D eigenvalue weighted by Gasteiger charge is -2.57. The van der Waals surface area contributed by atoms with Crippen LogP contribution in [0.3, 0.4) is 0 Å². The molecule has 4 aliphatic carbocycles. The fourth-order valence-electron chi connectivity index (χ4n) is 5.73. The van der Waals surface area contributed by atoms with Crippen molar-refractivity contribution in [3.63, 3.8) is 0 Å². The molecule has 0 aromatic heterocycles. The van der Waals surface area contributed by atoms with E-state index in [4.69, 9.17) is 5.26 Å². The van der Waals surface area contributed by atoms with Crippen molar-refractivity contribution in [1.29, 1.82) is 5.26 Å². The molecule has 0 unspecified atom stereocenters. The van der Waals surface area contributed by atoms with Crippen molar-refractivity contribution in [2.45, 2.75) is 57.0 Å². The Hall–Kier alpha value is -1.86. The molecule has 0 spiro atoms. The third-order valence-electron chi connectivity index (χ3n) is 6.21. The lowest BCUT2D eigenvalue weighted by molar-refractivity contribution is -0.119. The average molecular weight is 323 g/mol. The van der Waals surface area contributed by atoms with E-state index < -0.39 is 0 Å². The first-order valence-corrected chi connectivity index (χ1v) is 9.14. The zero-order valence-corrected chi connectivity index (χ0v) is 14.2. The van der Waals surface area contributed by atoms with Gasteiger partial charge in [-0.15, -0.1) is 0 Å². The summed E-state index contributed by atoms with van der Waals surface area (Å²) in [6.45, 7) is 1.96. The Kier molecular flexibility index (Phi) is 3.85. The van der Waals surface area contributed by atoms with Gasteiger partial charge < -0.3 is 10.6 Å². The van der Waals surface area contributed by atoms with Crippen LogP contribution in [0.5, 0.6) is 0 Å². The van der Waals surface area contributed by atoms with Crippen molar-refractivity contribution in [1.82, 2.24) is 5.32 Å². The Labute approximate surface area is 143 Å². The number of benzene rings is 1. The van der Waals surface area contributed by atoms with E-state index in [0.29, 0.717) is 11.3 Å². The summed E-state index contributed by atoms with van der Waals surface area (Å²) in [6, 6.07) is 8.98. The minimum absolute atomic E-state index is 0.0131. The Morgan fingerprint density at radius 3 is 2.42 bits per heavy atom. The van der Waals surface area contributed by atoms with E-state index in [1.54, 1.807) is 18.2 Å². The summed E-state index contributed by atoms with van der Waals surface area (Å²) in [5.74, 6) is 2.59. The van der Waals surface area contributed by atoms with Crippen LogP contribution in [0, 0.1) is 29.1 Å². The molecular formula is C20H25N3O. The summed E-state index contributed by atoms with van der Waals surface area (Å²) in [7, 11) is 0. The number of nitriles is 1. The van der Waals surface area contributed by atoms with Crippen LogP contribution in [0.2, 0.25) is 0 Å². The summed E-state index contributed by atoms with van der Waals surface area (Å²) < 4.78 is 0. The van der Waals surface area contributed by atoms with Crippen LogP contribution in [-0.4, -0.2) is 17.5 Å². The molecule has 0 heterocycles. The molecule has 1 amide bonds. The average Bonchev–Trinajstić information content (AvgIpc) is 2.53. The Morgan fingerprint density at radius 2 is 1.83 bits per heavy atom. The van der Waals surface area contributed by atoms with Crippen LogP contribution in [0.25, 0.3) is 0 Å². The highest BCUT2D eigenvalue weighted by Crippen LogP contribution is 2.55. The zero-order chi connectivity index (χ0) is 16.7. The first-order valence-electron chi connectivity index (χ1n) is 9.14. The fraction of sp³-hybridized carbons (Fsp3) is 0.600. The maximum atomic E-state index is 12.6. The maximum Gasteiger partial charge on any atom is 0.241 e. The van der Waals surface area contributed by atoms with E-state index in [9.17, 15) is 4.79 Å². The molecule has 24 heavy (non-hydrogen) atoms. The summed E-state index contributed by atoms with van der Waals surface area (Å²) in [6.07, 6.45) is 7.93. The highest BCUT2D eigenvalue weighted by atomic mass is 16.2. The quantitative estimate of drug-likeness (QED) is 0.892. The summed E-state index contributed by atoms with van der Waals surface area (Å²) >= 11 is 0. The molecule has 4 saturated carbocycles. The molecule has 4 aliphatic rings. The molecule has 1 aromatic carbocycles. The van der Waals surface area contributed by atoms with Gasteiger partial charge in [-0.05, 0) is 81.4 Å². The normalized spacial score (nSPS) is 34.6. The van der Waals surface area contributed by atoms with E-state index in [0.717, 1.165) is 17.8 Å². The van der Waals surface area contributed by atoms with Gasteiger partial charge >= 0.3 is 0 Å². The second-order valence-electron chi connectivity index (χ2n) is 8.25. The van der Waals surface area contributed by atoms with E-state index in [2.05, 4.69) is 16.7 Å². The van der Waals surface area contributed by atoms with Crippen LogP contribution in [0.1, 0.15) is 51.0 Å². The standard InChI is InChI=1S/C20H25N3O/c1-13(19(24)22-18-4-2-3-14(8-18)12-21)23-20-9-15-5-16(10-20)7-17(6-15)11-20/h2-4,8,13,15-17,23H,5-7,9-11H2,1H3,(H,22,24)/t13-,15?,16?,17?,20?/m0/s1. The molecule has 0 saturated heterocycles. The molecule has 4 bridgehead atoms. The van der Waals surface area contributed by atoms with Crippen LogP contribution in [0.4, 0.5) is 5.69 Å². The number of rotatable bonds is 4. The third-order valence-corrected chi connectivity index (χ3v) is 6.21. The molecule has 2 N–H and O–H groups in total. The lowest BCUT2D eigenvalue weighted by atomic mass is 9.53. The number of carbonyl (C=O) groups is 1. The molecule has 1 aromatic rings. The van der Waals surface area contributed by atoms with Gasteiger partial charge in [0.15, 0.2) is 0 Å². The van der Waals surface area contributed by atoms with Gasteiger partial charge in [-0.2, -0.15) is 5.26 Å². The van der Waals surface area contributed by atoms with Gasteiger partial charge in [0.1, 0.15) is 0 Å². The van der Waals surface area contributed by atoms with Crippen molar-refractivity contribution in [3.05, 3.63) is 29.8 Å². The fourth-order valence-corrected chi connectivity index (χ4v) is 5.73. The van der Waals surface area contributed by atoms with Crippen LogP contribution in [-0.2, 0) is 4.79 Å². The van der Waals surface area contributed by atoms with Gasteiger partial charge in [-0.1, -0.05) is 6.07 Å². The number of nitrogens with zero attached hydrogens (tertiary/aromatic N) is 1. The molecule has 126 valence electrons. The van der Waals surface area contributed by atoms with Crippen molar-refractivity contribution in [3.8, 4) is 6.07 Å². The number of carbonyl (C=O) groups excluding carboxylic acids is 1. The van der Waals surface area contributed by atoms with E-state index in [1.165, 1.54) is 38.5 Å². The zero-order valence-electron chi connectivity index (χ0n) is 14.2. The Balaban J connectivity index is 1.41. The van der Waals surface area contributed by atoms with Gasteiger partial charge in [0.25, 0.3) is 0 Å². The van der Waals surface area contributed by atoms with Crippen molar-refractivity contribution in [2.75, 3.05) is 5.32 Å². The third kappa shape index (κ3) is 2.93. The summed E-state index contributed by atoms with van der Waals surface area (Å²) in [5.41, 5.74) is 1.44. The molecule has 0 radical (unpaired) electrons.